The average molecular weight is 385 g/mol. The molecule has 5 heteroatoms. The van der Waals surface area contributed by atoms with E-state index in [2.05, 4.69) is 22.4 Å². The van der Waals surface area contributed by atoms with E-state index in [9.17, 15) is 4.79 Å². The SMILES string of the molecule is O=C(CCCc1ccccc1)Nc1cccc(OCc2cn3ccccc3n2)c1. The number of pyridine rings is 1. The van der Waals surface area contributed by atoms with Crippen molar-refractivity contribution in [2.24, 2.45) is 0 Å². The minimum atomic E-state index is 0.0124. The molecule has 0 radical (unpaired) electrons. The van der Waals surface area contributed by atoms with E-state index in [0.717, 1.165) is 29.9 Å². The number of carbonyl (C=O) groups excluding carboxylic acids is 1. The maximum absolute atomic E-state index is 12.2. The molecule has 4 rings (SSSR count). The van der Waals surface area contributed by atoms with Gasteiger partial charge >= 0.3 is 0 Å². The van der Waals surface area contributed by atoms with Gasteiger partial charge in [0.05, 0.1) is 5.69 Å². The van der Waals surface area contributed by atoms with Crippen LogP contribution in [0.4, 0.5) is 5.69 Å². The zero-order valence-electron chi connectivity index (χ0n) is 16.1. The number of benzene rings is 2. The first kappa shape index (κ1) is 18.7. The number of aryl methyl sites for hydroxylation is 1. The van der Waals surface area contributed by atoms with Crippen molar-refractivity contribution in [3.05, 3.63) is 96.4 Å². The molecule has 0 aliphatic carbocycles. The first-order chi connectivity index (χ1) is 14.3. The molecule has 4 aromatic rings. The molecule has 2 aromatic heterocycles. The normalized spacial score (nSPS) is 10.8. The minimum Gasteiger partial charge on any atom is -0.487 e. The van der Waals surface area contributed by atoms with Crippen molar-refractivity contribution in [3.63, 3.8) is 0 Å². The van der Waals surface area contributed by atoms with Crippen molar-refractivity contribution >= 4 is 17.2 Å². The van der Waals surface area contributed by atoms with E-state index in [-0.39, 0.29) is 5.91 Å². The highest BCUT2D eigenvalue weighted by molar-refractivity contribution is 5.90. The molecule has 146 valence electrons. The Labute approximate surface area is 170 Å². The van der Waals surface area contributed by atoms with Crippen LogP contribution in [0.15, 0.2) is 85.2 Å². The smallest absolute Gasteiger partial charge is 0.224 e. The first-order valence-electron chi connectivity index (χ1n) is 9.75. The molecule has 0 atom stereocenters. The van der Waals surface area contributed by atoms with Crippen LogP contribution in [0.3, 0.4) is 0 Å². The lowest BCUT2D eigenvalue weighted by molar-refractivity contribution is -0.116. The van der Waals surface area contributed by atoms with Crippen molar-refractivity contribution < 1.29 is 9.53 Å². The fourth-order valence-corrected chi connectivity index (χ4v) is 3.20. The van der Waals surface area contributed by atoms with E-state index in [1.54, 1.807) is 0 Å². The number of rotatable bonds is 8. The summed E-state index contributed by atoms with van der Waals surface area (Å²) in [6.07, 6.45) is 6.12. The van der Waals surface area contributed by atoms with Crippen LogP contribution in [-0.4, -0.2) is 15.3 Å². The van der Waals surface area contributed by atoms with E-state index in [4.69, 9.17) is 4.74 Å². The summed E-state index contributed by atoms with van der Waals surface area (Å²) in [7, 11) is 0. The Morgan fingerprint density at radius 1 is 1.00 bits per heavy atom. The number of nitrogens with one attached hydrogen (secondary N) is 1. The lowest BCUT2D eigenvalue weighted by Gasteiger charge is -2.08. The predicted octanol–water partition coefficient (Wildman–Crippen LogP) is 4.87. The molecule has 0 unspecified atom stereocenters. The van der Waals surface area contributed by atoms with Crippen LogP contribution in [0.5, 0.6) is 5.75 Å². The molecule has 0 saturated carbocycles. The largest absolute Gasteiger partial charge is 0.487 e. The van der Waals surface area contributed by atoms with E-state index < -0.39 is 0 Å². The van der Waals surface area contributed by atoms with Gasteiger partial charge in [-0.25, -0.2) is 4.98 Å². The molecule has 2 aromatic carbocycles. The maximum Gasteiger partial charge on any atom is 0.224 e. The highest BCUT2D eigenvalue weighted by Gasteiger charge is 2.06. The number of imidazole rings is 1. The van der Waals surface area contributed by atoms with Gasteiger partial charge in [-0.15, -0.1) is 0 Å². The average Bonchev–Trinajstić information content (AvgIpc) is 3.16. The van der Waals surface area contributed by atoms with Crippen LogP contribution < -0.4 is 10.1 Å². The molecular formula is C24H23N3O2. The van der Waals surface area contributed by atoms with Crippen molar-refractivity contribution in [2.75, 3.05) is 5.32 Å². The molecule has 0 fully saturated rings. The number of nitrogens with zero attached hydrogens (tertiary/aromatic N) is 2. The number of aromatic nitrogens is 2. The molecule has 5 nitrogen and oxygen atoms in total. The van der Waals surface area contributed by atoms with E-state index in [1.165, 1.54) is 5.56 Å². The fourth-order valence-electron chi connectivity index (χ4n) is 3.20. The first-order valence-corrected chi connectivity index (χ1v) is 9.75. The van der Waals surface area contributed by atoms with Gasteiger partial charge in [-0.05, 0) is 42.7 Å². The van der Waals surface area contributed by atoms with E-state index >= 15 is 0 Å². The molecule has 0 saturated heterocycles. The number of fused-ring (bicyclic) bond motifs is 1. The van der Waals surface area contributed by atoms with Crippen molar-refractivity contribution in [3.8, 4) is 5.75 Å². The van der Waals surface area contributed by atoms with Crippen LogP contribution in [0.1, 0.15) is 24.1 Å². The second kappa shape index (κ2) is 9.06. The topological polar surface area (TPSA) is 55.6 Å². The van der Waals surface area contributed by atoms with Crippen molar-refractivity contribution in [2.45, 2.75) is 25.9 Å². The summed E-state index contributed by atoms with van der Waals surface area (Å²) in [5.74, 6) is 0.711. The lowest BCUT2D eigenvalue weighted by Crippen LogP contribution is -2.11. The molecule has 1 amide bonds. The zero-order chi connectivity index (χ0) is 19.9. The van der Waals surface area contributed by atoms with Gasteiger partial charge in [-0.3, -0.25) is 4.79 Å². The summed E-state index contributed by atoms with van der Waals surface area (Å²) in [6, 6.07) is 23.5. The molecule has 1 N–H and O–H groups in total. The second-order valence-corrected chi connectivity index (χ2v) is 6.90. The van der Waals surface area contributed by atoms with Crippen molar-refractivity contribution in [1.82, 2.24) is 9.38 Å². The molecule has 0 bridgehead atoms. The summed E-state index contributed by atoms with van der Waals surface area (Å²) in [4.78, 5) is 16.8. The Bertz CT molecular complexity index is 1060. The highest BCUT2D eigenvalue weighted by Crippen LogP contribution is 2.19. The molecule has 2 heterocycles. The summed E-state index contributed by atoms with van der Waals surface area (Å²) in [5.41, 5.74) is 3.74. The second-order valence-electron chi connectivity index (χ2n) is 6.90. The standard InChI is InChI=1S/C24H23N3O2/c28-24(14-6-10-19-8-2-1-3-9-19)26-20-11-7-12-22(16-20)29-18-21-17-27-15-5-4-13-23(27)25-21/h1-5,7-9,11-13,15-17H,6,10,14,18H2,(H,26,28). The quantitative estimate of drug-likeness (QED) is 0.471. The molecule has 29 heavy (non-hydrogen) atoms. The van der Waals surface area contributed by atoms with E-state index in [0.29, 0.717) is 18.8 Å². The number of ether oxygens (including phenoxy) is 1. The Morgan fingerprint density at radius 2 is 1.86 bits per heavy atom. The number of anilines is 1. The third-order valence-electron chi connectivity index (χ3n) is 4.63. The van der Waals surface area contributed by atoms with Crippen LogP contribution in [0.25, 0.3) is 5.65 Å². The van der Waals surface area contributed by atoms with Gasteiger partial charge in [0.15, 0.2) is 0 Å². The van der Waals surface area contributed by atoms with Crippen molar-refractivity contribution in [1.29, 1.82) is 0 Å². The van der Waals surface area contributed by atoms with Crippen LogP contribution >= 0.6 is 0 Å². The van der Waals surface area contributed by atoms with Gasteiger partial charge in [0.1, 0.15) is 18.0 Å². The number of hydrogen-bond donors (Lipinski definition) is 1. The lowest BCUT2D eigenvalue weighted by atomic mass is 10.1. The highest BCUT2D eigenvalue weighted by atomic mass is 16.5. The molecular weight excluding hydrogens is 362 g/mol. The third kappa shape index (κ3) is 5.23. The van der Waals surface area contributed by atoms with Gasteiger partial charge in [0, 0.05) is 30.6 Å². The third-order valence-corrected chi connectivity index (χ3v) is 4.63. The fraction of sp³-hybridized carbons (Fsp3) is 0.167. The van der Waals surface area contributed by atoms with Crippen LogP contribution in [0, 0.1) is 0 Å². The Hall–Kier alpha value is -3.60. The summed E-state index contributed by atoms with van der Waals surface area (Å²) < 4.78 is 7.82. The maximum atomic E-state index is 12.2. The summed E-state index contributed by atoms with van der Waals surface area (Å²) in [5, 5.41) is 2.95. The number of hydrogen-bond acceptors (Lipinski definition) is 3. The molecule has 0 aliphatic rings. The Morgan fingerprint density at radius 3 is 2.72 bits per heavy atom. The van der Waals surface area contributed by atoms with Gasteiger partial charge < -0.3 is 14.5 Å². The number of carbonyl (C=O) groups is 1. The number of amides is 1. The van der Waals surface area contributed by atoms with Gasteiger partial charge in [-0.2, -0.15) is 0 Å². The monoisotopic (exact) mass is 385 g/mol. The molecule has 0 spiro atoms. The van der Waals surface area contributed by atoms with Crippen LogP contribution in [-0.2, 0) is 17.8 Å². The van der Waals surface area contributed by atoms with Gasteiger partial charge in [-0.1, -0.05) is 42.5 Å². The van der Waals surface area contributed by atoms with Gasteiger partial charge in [0.2, 0.25) is 5.91 Å². The van der Waals surface area contributed by atoms with Crippen LogP contribution in [0.2, 0.25) is 0 Å². The minimum absolute atomic E-state index is 0.0124. The Balaban J connectivity index is 1.28. The molecule has 0 aliphatic heterocycles. The van der Waals surface area contributed by atoms with E-state index in [1.807, 2.05) is 77.5 Å². The van der Waals surface area contributed by atoms with Gasteiger partial charge in [0.25, 0.3) is 0 Å². The Kier molecular flexibility index (Phi) is 5.86. The predicted molar refractivity (Wildman–Crippen MR) is 114 cm³/mol. The summed E-state index contributed by atoms with van der Waals surface area (Å²) in [6.45, 7) is 0.371. The zero-order valence-corrected chi connectivity index (χ0v) is 16.1. The summed E-state index contributed by atoms with van der Waals surface area (Å²) >= 11 is 0.